The van der Waals surface area contributed by atoms with Gasteiger partial charge in [-0.25, -0.2) is 0 Å². The summed E-state index contributed by atoms with van der Waals surface area (Å²) in [7, 11) is 0. The molecule has 2 heterocycles. The maximum atomic E-state index is 12.4. The second-order valence-electron chi connectivity index (χ2n) is 8.75. The quantitative estimate of drug-likeness (QED) is 0.688. The van der Waals surface area contributed by atoms with E-state index >= 15 is 0 Å². The highest BCUT2D eigenvalue weighted by molar-refractivity contribution is 5.81. The van der Waals surface area contributed by atoms with Crippen LogP contribution in [0, 0.1) is 5.92 Å². The van der Waals surface area contributed by atoms with Gasteiger partial charge in [0.2, 0.25) is 0 Å². The fourth-order valence-electron chi connectivity index (χ4n) is 5.01. The molecule has 7 heteroatoms. The van der Waals surface area contributed by atoms with Gasteiger partial charge < -0.3 is 9.73 Å². The van der Waals surface area contributed by atoms with E-state index in [1.54, 1.807) is 0 Å². The first kappa shape index (κ1) is 21.2. The zero-order chi connectivity index (χ0) is 21.1. The summed E-state index contributed by atoms with van der Waals surface area (Å²) in [4.78, 5) is 13.7. The van der Waals surface area contributed by atoms with E-state index < -0.39 is 12.1 Å². The number of rotatable bonds is 5. The van der Waals surface area contributed by atoms with E-state index in [-0.39, 0.29) is 6.04 Å². The lowest BCUT2D eigenvalue weighted by Gasteiger charge is -2.37. The number of carbonyl (C=O) groups is 1. The third kappa shape index (κ3) is 4.99. The molecule has 2 aliphatic heterocycles. The summed E-state index contributed by atoms with van der Waals surface area (Å²) < 4.78 is 43.1. The Morgan fingerprint density at radius 2 is 1.93 bits per heavy atom. The van der Waals surface area contributed by atoms with Crippen molar-refractivity contribution < 1.29 is 22.4 Å². The van der Waals surface area contributed by atoms with Crippen LogP contribution >= 0.6 is 0 Å². The van der Waals surface area contributed by atoms with E-state index in [9.17, 15) is 18.0 Å². The lowest BCUT2D eigenvalue weighted by molar-refractivity contribution is -0.174. The average Bonchev–Trinajstić information content (AvgIpc) is 3.20. The highest BCUT2D eigenvalue weighted by Gasteiger charge is 2.40. The van der Waals surface area contributed by atoms with Gasteiger partial charge in [0.25, 0.3) is 0 Å². The SMILES string of the molecule is O=C(N[C@H]1CC[C@H](CCN2CCCCC2c2coc3cccc-3c2)CC1)C(F)(F)F. The molecule has 0 aromatic carbocycles. The van der Waals surface area contributed by atoms with Crippen LogP contribution in [-0.2, 0) is 4.79 Å². The Bertz CT molecular complexity index is 811. The molecule has 0 bridgehead atoms. The van der Waals surface area contributed by atoms with E-state index in [1.807, 2.05) is 18.4 Å². The summed E-state index contributed by atoms with van der Waals surface area (Å²) in [5, 5.41) is 2.14. The number of alkyl halides is 3. The summed E-state index contributed by atoms with van der Waals surface area (Å²) in [6, 6.07) is 8.30. The van der Waals surface area contributed by atoms with Gasteiger partial charge in [-0.05, 0) is 76.1 Å². The van der Waals surface area contributed by atoms with E-state index in [1.165, 1.54) is 18.4 Å². The molecule has 1 amide bonds. The van der Waals surface area contributed by atoms with Gasteiger partial charge in [0, 0.05) is 23.2 Å². The van der Waals surface area contributed by atoms with Crippen LogP contribution in [0.4, 0.5) is 13.2 Å². The smallest absolute Gasteiger partial charge is 0.464 e. The zero-order valence-electron chi connectivity index (χ0n) is 17.1. The van der Waals surface area contributed by atoms with Gasteiger partial charge in [-0.3, -0.25) is 9.69 Å². The number of hydrogen-bond acceptors (Lipinski definition) is 3. The molecule has 4 aliphatic rings. The van der Waals surface area contributed by atoms with Crippen LogP contribution in [0.5, 0.6) is 0 Å². The van der Waals surface area contributed by atoms with Crippen molar-refractivity contribution in [3.05, 3.63) is 36.1 Å². The number of halogens is 3. The van der Waals surface area contributed by atoms with Gasteiger partial charge in [-0.1, -0.05) is 18.6 Å². The number of likely N-dealkylation sites (tertiary alicyclic amines) is 1. The number of carbonyl (C=O) groups excluding carboxylic acids is 1. The van der Waals surface area contributed by atoms with Crippen molar-refractivity contribution in [2.75, 3.05) is 13.1 Å². The minimum Gasteiger partial charge on any atom is -0.464 e. The summed E-state index contributed by atoms with van der Waals surface area (Å²) >= 11 is 0. The zero-order valence-corrected chi connectivity index (χ0v) is 17.1. The van der Waals surface area contributed by atoms with Crippen molar-refractivity contribution in [1.82, 2.24) is 10.2 Å². The molecule has 4 nitrogen and oxygen atoms in total. The lowest BCUT2D eigenvalue weighted by atomic mass is 9.83. The van der Waals surface area contributed by atoms with Gasteiger partial charge in [0.15, 0.2) is 0 Å². The third-order valence-corrected chi connectivity index (χ3v) is 6.71. The lowest BCUT2D eigenvalue weighted by Crippen LogP contribution is -2.44. The Labute approximate surface area is 175 Å². The van der Waals surface area contributed by atoms with Crippen LogP contribution in [0.15, 0.2) is 34.9 Å². The Morgan fingerprint density at radius 1 is 1.13 bits per heavy atom. The van der Waals surface area contributed by atoms with Crippen molar-refractivity contribution in [3.63, 3.8) is 0 Å². The summed E-state index contributed by atoms with van der Waals surface area (Å²) in [5.74, 6) is -0.390. The molecule has 30 heavy (non-hydrogen) atoms. The molecule has 0 aromatic heterocycles. The van der Waals surface area contributed by atoms with Crippen LogP contribution in [0.1, 0.15) is 63.0 Å². The van der Waals surface area contributed by atoms with E-state index in [2.05, 4.69) is 22.3 Å². The van der Waals surface area contributed by atoms with Crippen molar-refractivity contribution in [1.29, 1.82) is 0 Å². The number of hydrogen-bond donors (Lipinski definition) is 1. The number of piperidine rings is 1. The summed E-state index contributed by atoms with van der Waals surface area (Å²) in [5.41, 5.74) is 2.37. The fraction of sp³-hybridized carbons (Fsp3) is 0.609. The predicted octanol–water partition coefficient (Wildman–Crippen LogP) is 5.54. The van der Waals surface area contributed by atoms with Crippen molar-refractivity contribution >= 4 is 5.91 Å². The molecular formula is C23H29F3N2O2. The highest BCUT2D eigenvalue weighted by atomic mass is 19.4. The molecule has 0 radical (unpaired) electrons. The molecule has 0 spiro atoms. The molecule has 1 N–H and O–H groups in total. The van der Waals surface area contributed by atoms with Gasteiger partial charge in [-0.2, -0.15) is 13.2 Å². The van der Waals surface area contributed by atoms with Crippen LogP contribution in [-0.4, -0.2) is 36.1 Å². The molecule has 2 aliphatic carbocycles. The van der Waals surface area contributed by atoms with Gasteiger partial charge in [0.05, 0.1) is 6.26 Å². The fourth-order valence-corrected chi connectivity index (χ4v) is 5.01. The van der Waals surface area contributed by atoms with E-state index in [0.717, 1.165) is 50.1 Å². The number of nitrogens with one attached hydrogen (secondary N) is 1. The minimum atomic E-state index is -4.79. The predicted molar refractivity (Wildman–Crippen MR) is 108 cm³/mol. The van der Waals surface area contributed by atoms with E-state index in [4.69, 9.17) is 4.42 Å². The number of amides is 1. The molecule has 164 valence electrons. The first-order valence-corrected chi connectivity index (χ1v) is 11.0. The summed E-state index contributed by atoms with van der Waals surface area (Å²) in [6.45, 7) is 2.06. The van der Waals surface area contributed by atoms with Crippen LogP contribution in [0.2, 0.25) is 0 Å². The van der Waals surface area contributed by atoms with Crippen molar-refractivity contribution in [2.24, 2.45) is 5.92 Å². The van der Waals surface area contributed by atoms with Gasteiger partial charge in [-0.15, -0.1) is 0 Å². The Morgan fingerprint density at radius 3 is 2.70 bits per heavy atom. The molecule has 1 unspecified atom stereocenters. The first-order valence-electron chi connectivity index (χ1n) is 11.0. The second-order valence-corrected chi connectivity index (χ2v) is 8.75. The molecule has 0 aromatic rings. The number of nitrogens with zero attached hydrogens (tertiary/aromatic N) is 1. The van der Waals surface area contributed by atoms with Crippen LogP contribution < -0.4 is 5.32 Å². The van der Waals surface area contributed by atoms with Crippen molar-refractivity contribution in [2.45, 2.75) is 69.6 Å². The molecule has 2 fully saturated rings. The Hall–Kier alpha value is -2.02. The van der Waals surface area contributed by atoms with Crippen LogP contribution in [0.25, 0.3) is 11.3 Å². The molecule has 1 saturated heterocycles. The second kappa shape index (κ2) is 9.00. The van der Waals surface area contributed by atoms with Crippen LogP contribution in [0.3, 0.4) is 0 Å². The normalized spacial score (nSPS) is 26.0. The molecular weight excluding hydrogens is 393 g/mol. The molecule has 4 rings (SSSR count). The Kier molecular flexibility index (Phi) is 6.37. The van der Waals surface area contributed by atoms with Crippen molar-refractivity contribution in [3.8, 4) is 11.3 Å². The Balaban J connectivity index is 1.29. The van der Waals surface area contributed by atoms with Gasteiger partial charge >= 0.3 is 12.1 Å². The third-order valence-electron chi connectivity index (χ3n) is 6.71. The standard InChI is InChI=1S/C23H29F3N2O2/c24-23(25,26)22(29)27-19-9-7-16(8-10-19)11-13-28-12-2-1-5-20(28)18-14-17-4-3-6-21(17)30-15-18/h3-4,6,14-16,19-20H,1-2,5,7-13H2,(H,27,29)/t16-,19-,20?. The average molecular weight is 422 g/mol. The van der Waals surface area contributed by atoms with E-state index in [0.29, 0.717) is 24.8 Å². The number of fused-ring (bicyclic) bond motifs is 1. The first-order chi connectivity index (χ1) is 14.4. The highest BCUT2D eigenvalue weighted by Crippen LogP contribution is 2.36. The summed E-state index contributed by atoms with van der Waals surface area (Å²) in [6.07, 6.45) is 4.67. The monoisotopic (exact) mass is 422 g/mol. The molecule has 1 atom stereocenters. The maximum Gasteiger partial charge on any atom is 0.471 e. The topological polar surface area (TPSA) is 45.5 Å². The minimum absolute atomic E-state index is 0.351. The largest absolute Gasteiger partial charge is 0.471 e. The van der Waals surface area contributed by atoms with Gasteiger partial charge in [0.1, 0.15) is 5.76 Å². The molecule has 1 saturated carbocycles. The maximum absolute atomic E-state index is 12.4.